The lowest BCUT2D eigenvalue weighted by molar-refractivity contribution is -0.119. The Hall–Kier alpha value is -2.04. The minimum absolute atomic E-state index is 0.109. The van der Waals surface area contributed by atoms with Gasteiger partial charge in [0.25, 0.3) is 5.91 Å². The third kappa shape index (κ3) is 1.47. The average molecular weight is 246 g/mol. The standard InChI is InChI=1S/C13H14N2O3/c1-18-10-6-4-9(5-7-10)15-12(16)11-3-2-8-14(11)13(15)17/h4-7,11H,2-3,8H2,1H3/t11-/m0/s1. The van der Waals surface area contributed by atoms with Crippen molar-refractivity contribution < 1.29 is 14.3 Å². The number of fused-ring (bicyclic) bond motifs is 1. The number of ether oxygens (including phenoxy) is 1. The highest BCUT2D eigenvalue weighted by molar-refractivity contribution is 6.21. The monoisotopic (exact) mass is 246 g/mol. The molecule has 0 spiro atoms. The van der Waals surface area contributed by atoms with Crippen LogP contribution in [0, 0.1) is 0 Å². The summed E-state index contributed by atoms with van der Waals surface area (Å²) in [6.45, 7) is 0.682. The third-order valence-electron chi connectivity index (χ3n) is 3.53. The van der Waals surface area contributed by atoms with Gasteiger partial charge in [0.2, 0.25) is 0 Å². The number of carbonyl (C=O) groups excluding carboxylic acids is 2. The van der Waals surface area contributed by atoms with Crippen LogP contribution in [0.3, 0.4) is 0 Å². The predicted molar refractivity (Wildman–Crippen MR) is 65.6 cm³/mol. The Morgan fingerprint density at radius 2 is 1.94 bits per heavy atom. The fraction of sp³-hybridized carbons (Fsp3) is 0.385. The molecule has 0 radical (unpaired) electrons. The number of nitrogens with zero attached hydrogens (tertiary/aromatic N) is 2. The summed E-state index contributed by atoms with van der Waals surface area (Å²) in [5.74, 6) is 0.598. The van der Waals surface area contributed by atoms with Gasteiger partial charge in [0, 0.05) is 6.54 Å². The number of rotatable bonds is 2. The summed E-state index contributed by atoms with van der Waals surface area (Å²) in [5.41, 5.74) is 0.611. The zero-order valence-electron chi connectivity index (χ0n) is 10.1. The molecule has 18 heavy (non-hydrogen) atoms. The van der Waals surface area contributed by atoms with Crippen LogP contribution >= 0.6 is 0 Å². The van der Waals surface area contributed by atoms with E-state index in [1.807, 2.05) is 0 Å². The largest absolute Gasteiger partial charge is 0.497 e. The highest BCUT2D eigenvalue weighted by Gasteiger charge is 2.47. The Labute approximate surface area is 105 Å². The number of methoxy groups -OCH3 is 1. The minimum Gasteiger partial charge on any atom is -0.497 e. The second kappa shape index (κ2) is 4.01. The van der Waals surface area contributed by atoms with E-state index < -0.39 is 0 Å². The summed E-state index contributed by atoms with van der Waals surface area (Å²) in [7, 11) is 1.58. The number of imide groups is 1. The van der Waals surface area contributed by atoms with Gasteiger partial charge >= 0.3 is 6.03 Å². The third-order valence-corrected chi connectivity index (χ3v) is 3.53. The molecule has 1 atom stereocenters. The Kier molecular flexibility index (Phi) is 2.47. The fourth-order valence-electron chi connectivity index (χ4n) is 2.59. The van der Waals surface area contributed by atoms with E-state index in [0.29, 0.717) is 18.0 Å². The van der Waals surface area contributed by atoms with Crippen molar-refractivity contribution in [2.24, 2.45) is 0 Å². The molecule has 0 saturated carbocycles. The molecule has 2 aliphatic heterocycles. The number of urea groups is 1. The summed E-state index contributed by atoms with van der Waals surface area (Å²) in [6, 6.07) is 6.51. The number of anilines is 1. The minimum atomic E-state index is -0.250. The van der Waals surface area contributed by atoms with Crippen LogP contribution in [0.1, 0.15) is 12.8 Å². The van der Waals surface area contributed by atoms with Crippen molar-refractivity contribution in [3.63, 3.8) is 0 Å². The molecule has 0 aliphatic carbocycles. The van der Waals surface area contributed by atoms with Gasteiger partial charge in [0.15, 0.2) is 0 Å². The summed E-state index contributed by atoms with van der Waals surface area (Å²) >= 11 is 0. The van der Waals surface area contributed by atoms with Gasteiger partial charge in [0.05, 0.1) is 12.8 Å². The van der Waals surface area contributed by atoms with Crippen LogP contribution in [0.2, 0.25) is 0 Å². The van der Waals surface area contributed by atoms with E-state index in [-0.39, 0.29) is 18.0 Å². The predicted octanol–water partition coefficient (Wildman–Crippen LogP) is 1.63. The van der Waals surface area contributed by atoms with Crippen molar-refractivity contribution in [2.75, 3.05) is 18.6 Å². The van der Waals surface area contributed by atoms with Crippen molar-refractivity contribution in [1.29, 1.82) is 0 Å². The molecule has 0 bridgehead atoms. The number of amides is 3. The lowest BCUT2D eigenvalue weighted by atomic mass is 10.2. The van der Waals surface area contributed by atoms with Gasteiger partial charge in [-0.05, 0) is 37.1 Å². The normalized spacial score (nSPS) is 22.6. The van der Waals surface area contributed by atoms with E-state index in [4.69, 9.17) is 4.74 Å². The Balaban J connectivity index is 1.92. The first kappa shape index (κ1) is 11.1. The van der Waals surface area contributed by atoms with Crippen LogP contribution in [0.15, 0.2) is 24.3 Å². The van der Waals surface area contributed by atoms with Gasteiger partial charge in [-0.3, -0.25) is 4.79 Å². The summed E-state index contributed by atoms with van der Waals surface area (Å²) in [6.07, 6.45) is 1.69. The molecule has 3 rings (SSSR count). The summed E-state index contributed by atoms with van der Waals surface area (Å²) in [4.78, 5) is 27.3. The first-order valence-corrected chi connectivity index (χ1v) is 6.01. The first-order chi connectivity index (χ1) is 8.72. The van der Waals surface area contributed by atoms with Gasteiger partial charge in [-0.15, -0.1) is 0 Å². The molecule has 2 saturated heterocycles. The van der Waals surface area contributed by atoms with Crippen LogP contribution in [0.5, 0.6) is 5.75 Å². The zero-order chi connectivity index (χ0) is 12.7. The SMILES string of the molecule is COc1ccc(N2C(=O)[C@@H]3CCCN3C2=O)cc1. The molecule has 2 heterocycles. The quantitative estimate of drug-likeness (QED) is 0.745. The lowest BCUT2D eigenvalue weighted by Gasteiger charge is -2.15. The number of hydrogen-bond acceptors (Lipinski definition) is 3. The highest BCUT2D eigenvalue weighted by Crippen LogP contribution is 2.31. The molecule has 2 fully saturated rings. The molecule has 0 aromatic heterocycles. The number of hydrogen-bond donors (Lipinski definition) is 0. The molecule has 1 aromatic carbocycles. The van der Waals surface area contributed by atoms with E-state index in [1.165, 1.54) is 4.90 Å². The molecule has 2 aliphatic rings. The van der Waals surface area contributed by atoms with Crippen molar-refractivity contribution in [1.82, 2.24) is 4.90 Å². The van der Waals surface area contributed by atoms with E-state index >= 15 is 0 Å². The second-order valence-electron chi connectivity index (χ2n) is 4.51. The molecule has 5 heteroatoms. The van der Waals surface area contributed by atoms with Crippen LogP contribution in [0.4, 0.5) is 10.5 Å². The number of benzene rings is 1. The molecule has 0 unspecified atom stereocenters. The van der Waals surface area contributed by atoms with Gasteiger partial charge < -0.3 is 9.64 Å². The topological polar surface area (TPSA) is 49.9 Å². The number of carbonyl (C=O) groups is 2. The van der Waals surface area contributed by atoms with Gasteiger partial charge in [0.1, 0.15) is 11.8 Å². The van der Waals surface area contributed by atoms with Crippen LogP contribution in [-0.4, -0.2) is 36.5 Å². The molecule has 94 valence electrons. The summed E-state index contributed by atoms with van der Waals surface area (Å²) < 4.78 is 5.06. The maximum absolute atomic E-state index is 12.2. The molecule has 0 N–H and O–H groups in total. The maximum atomic E-state index is 12.2. The zero-order valence-corrected chi connectivity index (χ0v) is 10.1. The van der Waals surface area contributed by atoms with E-state index in [9.17, 15) is 9.59 Å². The Morgan fingerprint density at radius 1 is 1.22 bits per heavy atom. The second-order valence-corrected chi connectivity index (χ2v) is 4.51. The van der Waals surface area contributed by atoms with Crippen LogP contribution < -0.4 is 9.64 Å². The molecule has 5 nitrogen and oxygen atoms in total. The van der Waals surface area contributed by atoms with Crippen LogP contribution in [0.25, 0.3) is 0 Å². The van der Waals surface area contributed by atoms with Gasteiger partial charge in [-0.2, -0.15) is 0 Å². The van der Waals surface area contributed by atoms with E-state index in [0.717, 1.165) is 12.8 Å². The maximum Gasteiger partial charge on any atom is 0.332 e. The summed E-state index contributed by atoms with van der Waals surface area (Å²) in [5, 5.41) is 0. The Bertz CT molecular complexity index is 475. The highest BCUT2D eigenvalue weighted by atomic mass is 16.5. The smallest absolute Gasteiger partial charge is 0.332 e. The van der Waals surface area contributed by atoms with Gasteiger partial charge in [-0.1, -0.05) is 0 Å². The fourth-order valence-corrected chi connectivity index (χ4v) is 2.59. The van der Waals surface area contributed by atoms with Gasteiger partial charge in [-0.25, -0.2) is 9.69 Å². The molecule has 1 aromatic rings. The van der Waals surface area contributed by atoms with E-state index in [1.54, 1.807) is 36.3 Å². The first-order valence-electron chi connectivity index (χ1n) is 6.01. The van der Waals surface area contributed by atoms with E-state index in [2.05, 4.69) is 0 Å². The lowest BCUT2D eigenvalue weighted by Crippen LogP contribution is -2.32. The molecular formula is C13H14N2O3. The van der Waals surface area contributed by atoms with Crippen molar-refractivity contribution in [3.05, 3.63) is 24.3 Å². The van der Waals surface area contributed by atoms with Crippen molar-refractivity contribution >= 4 is 17.6 Å². The van der Waals surface area contributed by atoms with Crippen molar-refractivity contribution in [2.45, 2.75) is 18.9 Å². The molecular weight excluding hydrogens is 232 g/mol. The molecule has 3 amide bonds. The Morgan fingerprint density at radius 3 is 2.56 bits per heavy atom. The average Bonchev–Trinajstić information content (AvgIpc) is 2.95. The van der Waals surface area contributed by atoms with Crippen LogP contribution in [-0.2, 0) is 4.79 Å². The van der Waals surface area contributed by atoms with Crippen molar-refractivity contribution in [3.8, 4) is 5.75 Å².